The van der Waals surface area contributed by atoms with Crippen molar-refractivity contribution in [3.05, 3.63) is 82.2 Å². The van der Waals surface area contributed by atoms with E-state index in [1.165, 1.54) is 12.3 Å². The highest BCUT2D eigenvalue weighted by atomic mass is 79.9. The lowest BCUT2D eigenvalue weighted by atomic mass is 10.1. The number of urea groups is 1. The van der Waals surface area contributed by atoms with Crippen LogP contribution in [0.25, 0.3) is 6.08 Å². The lowest BCUT2D eigenvalue weighted by molar-refractivity contribution is -0.130. The Bertz CT molecular complexity index is 1350. The molecule has 4 rings (SSSR count). The molecule has 11 heteroatoms. The molecule has 0 atom stereocenters. The maximum atomic E-state index is 13.0. The van der Waals surface area contributed by atoms with Gasteiger partial charge in [0.2, 0.25) is 0 Å². The number of hydrogen-bond acceptors (Lipinski definition) is 7. The van der Waals surface area contributed by atoms with Crippen molar-refractivity contribution < 1.29 is 33.1 Å². The van der Waals surface area contributed by atoms with Gasteiger partial charge in [-0.15, -0.1) is 0 Å². The van der Waals surface area contributed by atoms with Gasteiger partial charge in [-0.3, -0.25) is 24.6 Å². The molecule has 1 fully saturated rings. The Morgan fingerprint density at radius 3 is 2.54 bits per heavy atom. The van der Waals surface area contributed by atoms with E-state index in [1.54, 1.807) is 55.5 Å². The molecule has 0 spiro atoms. The third-order valence-electron chi connectivity index (χ3n) is 5.16. The third kappa shape index (κ3) is 6.25. The molecule has 0 saturated carbocycles. The third-order valence-corrected chi connectivity index (χ3v) is 5.85. The summed E-state index contributed by atoms with van der Waals surface area (Å²) in [5.74, 6) is -0.983. The predicted molar refractivity (Wildman–Crippen MR) is 137 cm³/mol. The topological polar surface area (TPSA) is 127 Å². The molecule has 1 aliphatic heterocycles. The lowest BCUT2D eigenvalue weighted by Crippen LogP contribution is -2.53. The minimum Gasteiger partial charge on any atom is -0.490 e. The normalized spacial score (nSPS) is 14.5. The van der Waals surface area contributed by atoms with E-state index in [1.807, 2.05) is 6.07 Å². The Labute approximate surface area is 220 Å². The Morgan fingerprint density at radius 2 is 1.84 bits per heavy atom. The van der Waals surface area contributed by atoms with Gasteiger partial charge in [0.25, 0.3) is 17.7 Å². The van der Waals surface area contributed by atoms with Crippen LogP contribution in [0.4, 0.5) is 10.5 Å². The standard InChI is InChI=1S/C26H22BrN3O7/c1-2-35-21-12-16(20(27)13-22(21)37-15-23(31)28-17-7-4-3-5-8-17)11-19-24(32)29-26(34)30(25(19)33)14-18-9-6-10-36-18/h3-13H,2,14-15H2,1H3,(H,28,31)(H,29,32,34)/b19-11+. The number of amides is 5. The molecule has 0 aliphatic carbocycles. The van der Waals surface area contributed by atoms with Crippen LogP contribution in [0.15, 0.2) is 75.3 Å². The highest BCUT2D eigenvalue weighted by molar-refractivity contribution is 9.10. The molecule has 3 aromatic rings. The molecule has 37 heavy (non-hydrogen) atoms. The molecule has 5 amide bonds. The molecule has 0 unspecified atom stereocenters. The molecule has 1 saturated heterocycles. The average molecular weight is 568 g/mol. The van der Waals surface area contributed by atoms with Crippen molar-refractivity contribution in [2.45, 2.75) is 13.5 Å². The van der Waals surface area contributed by atoms with Crippen LogP contribution in [0.2, 0.25) is 0 Å². The SMILES string of the molecule is CCOc1cc(/C=C2\C(=O)NC(=O)N(Cc3ccco3)C2=O)c(Br)cc1OCC(=O)Nc1ccccc1. The predicted octanol–water partition coefficient (Wildman–Crippen LogP) is 4.12. The number of imide groups is 2. The van der Waals surface area contributed by atoms with Crippen molar-refractivity contribution in [2.75, 3.05) is 18.5 Å². The van der Waals surface area contributed by atoms with Crippen LogP contribution in [0, 0.1) is 0 Å². The number of carbonyl (C=O) groups is 4. The van der Waals surface area contributed by atoms with Crippen molar-refractivity contribution in [2.24, 2.45) is 0 Å². The van der Waals surface area contributed by atoms with Crippen LogP contribution in [0.5, 0.6) is 11.5 Å². The number of barbiturate groups is 1. The number of nitrogens with zero attached hydrogens (tertiary/aromatic N) is 1. The van der Waals surface area contributed by atoms with Crippen LogP contribution in [-0.2, 0) is 20.9 Å². The van der Waals surface area contributed by atoms with Crippen LogP contribution >= 0.6 is 15.9 Å². The van der Waals surface area contributed by atoms with Crippen LogP contribution < -0.4 is 20.1 Å². The number of halogens is 1. The number of para-hydroxylation sites is 1. The van der Waals surface area contributed by atoms with E-state index in [9.17, 15) is 19.2 Å². The Hall–Kier alpha value is -4.38. The molecular formula is C26H22BrN3O7. The first-order valence-corrected chi connectivity index (χ1v) is 12.0. The van der Waals surface area contributed by atoms with Gasteiger partial charge in [-0.25, -0.2) is 4.79 Å². The fourth-order valence-electron chi connectivity index (χ4n) is 3.46. The average Bonchev–Trinajstić information content (AvgIpc) is 3.39. The van der Waals surface area contributed by atoms with Crippen molar-refractivity contribution in [3.63, 3.8) is 0 Å². The van der Waals surface area contributed by atoms with E-state index in [0.717, 1.165) is 4.90 Å². The van der Waals surface area contributed by atoms with Gasteiger partial charge in [-0.05, 0) is 55.0 Å². The van der Waals surface area contributed by atoms with Gasteiger partial charge in [0.15, 0.2) is 18.1 Å². The van der Waals surface area contributed by atoms with E-state index >= 15 is 0 Å². The van der Waals surface area contributed by atoms with E-state index in [0.29, 0.717) is 33.8 Å². The fourth-order valence-corrected chi connectivity index (χ4v) is 3.89. The Morgan fingerprint density at radius 1 is 1.08 bits per heavy atom. The molecule has 1 aliphatic rings. The number of benzene rings is 2. The van der Waals surface area contributed by atoms with Gasteiger partial charge in [0, 0.05) is 10.2 Å². The first-order valence-electron chi connectivity index (χ1n) is 11.2. The Balaban J connectivity index is 1.55. The van der Waals surface area contributed by atoms with Crippen LogP contribution in [0.1, 0.15) is 18.2 Å². The zero-order valence-corrected chi connectivity index (χ0v) is 21.2. The molecule has 1 aromatic heterocycles. The summed E-state index contributed by atoms with van der Waals surface area (Å²) < 4.78 is 17.0. The highest BCUT2D eigenvalue weighted by Gasteiger charge is 2.36. The van der Waals surface area contributed by atoms with Gasteiger partial charge >= 0.3 is 6.03 Å². The summed E-state index contributed by atoms with van der Waals surface area (Å²) in [5, 5.41) is 4.90. The molecule has 2 N–H and O–H groups in total. The first-order chi connectivity index (χ1) is 17.9. The smallest absolute Gasteiger partial charge is 0.331 e. The number of carbonyl (C=O) groups excluding carboxylic acids is 4. The summed E-state index contributed by atoms with van der Waals surface area (Å²) in [6.45, 7) is 1.68. The van der Waals surface area contributed by atoms with Crippen LogP contribution in [0.3, 0.4) is 0 Å². The second-order valence-electron chi connectivity index (χ2n) is 7.74. The van der Waals surface area contributed by atoms with Crippen molar-refractivity contribution in [1.29, 1.82) is 0 Å². The fraction of sp³-hybridized carbons (Fsp3) is 0.154. The number of furan rings is 1. The Kier molecular flexibility index (Phi) is 8.04. The van der Waals surface area contributed by atoms with E-state index in [-0.39, 0.29) is 30.4 Å². The second-order valence-corrected chi connectivity index (χ2v) is 8.60. The lowest BCUT2D eigenvalue weighted by Gasteiger charge is -2.25. The van der Waals surface area contributed by atoms with Crippen LogP contribution in [-0.4, -0.2) is 41.9 Å². The molecular weight excluding hydrogens is 546 g/mol. The van der Waals surface area contributed by atoms with E-state index in [4.69, 9.17) is 13.9 Å². The minimum atomic E-state index is -0.838. The van der Waals surface area contributed by atoms with E-state index in [2.05, 4.69) is 26.6 Å². The maximum Gasteiger partial charge on any atom is 0.331 e. The van der Waals surface area contributed by atoms with Gasteiger partial charge < -0.3 is 19.2 Å². The van der Waals surface area contributed by atoms with Crippen molar-refractivity contribution >= 4 is 51.4 Å². The number of ether oxygens (including phenoxy) is 2. The van der Waals surface area contributed by atoms with Gasteiger partial charge in [-0.1, -0.05) is 34.1 Å². The number of nitrogens with one attached hydrogen (secondary N) is 2. The second kappa shape index (κ2) is 11.6. The molecule has 190 valence electrons. The van der Waals surface area contributed by atoms with Crippen molar-refractivity contribution in [1.82, 2.24) is 10.2 Å². The molecule has 2 aromatic carbocycles. The van der Waals surface area contributed by atoms with Crippen molar-refractivity contribution in [3.8, 4) is 11.5 Å². The van der Waals surface area contributed by atoms with E-state index < -0.39 is 17.8 Å². The van der Waals surface area contributed by atoms with Gasteiger partial charge in [0.05, 0.1) is 19.4 Å². The zero-order valence-electron chi connectivity index (χ0n) is 19.7. The minimum absolute atomic E-state index is 0.133. The summed E-state index contributed by atoms with van der Waals surface area (Å²) in [6.07, 6.45) is 2.77. The summed E-state index contributed by atoms with van der Waals surface area (Å²) in [4.78, 5) is 50.9. The quantitative estimate of drug-likeness (QED) is 0.294. The first kappa shape index (κ1) is 25.7. The summed E-state index contributed by atoms with van der Waals surface area (Å²) >= 11 is 3.42. The summed E-state index contributed by atoms with van der Waals surface area (Å²) in [6, 6.07) is 14.5. The number of anilines is 1. The largest absolute Gasteiger partial charge is 0.490 e. The highest BCUT2D eigenvalue weighted by Crippen LogP contribution is 2.35. The van der Waals surface area contributed by atoms with Gasteiger partial charge in [-0.2, -0.15) is 0 Å². The number of hydrogen-bond donors (Lipinski definition) is 2. The molecule has 2 heterocycles. The monoisotopic (exact) mass is 567 g/mol. The summed E-state index contributed by atoms with van der Waals surface area (Å²) in [7, 11) is 0. The molecule has 0 bridgehead atoms. The summed E-state index contributed by atoms with van der Waals surface area (Å²) in [5.41, 5.74) is 0.819. The molecule has 10 nitrogen and oxygen atoms in total. The maximum absolute atomic E-state index is 13.0. The molecule has 0 radical (unpaired) electrons. The zero-order chi connectivity index (χ0) is 26.4. The van der Waals surface area contributed by atoms with Gasteiger partial charge in [0.1, 0.15) is 11.3 Å². The number of rotatable bonds is 9.